The summed E-state index contributed by atoms with van der Waals surface area (Å²) in [6.07, 6.45) is 1.65. The summed E-state index contributed by atoms with van der Waals surface area (Å²) in [7, 11) is 0. The van der Waals surface area contributed by atoms with E-state index in [0.29, 0.717) is 23.8 Å². The predicted octanol–water partition coefficient (Wildman–Crippen LogP) is 3.64. The Morgan fingerprint density at radius 3 is 2.57 bits per heavy atom. The van der Waals surface area contributed by atoms with Gasteiger partial charge in [0.25, 0.3) is 0 Å². The number of carbonyl (C=O) groups excluding carboxylic acids is 1. The van der Waals surface area contributed by atoms with Gasteiger partial charge in [-0.3, -0.25) is 4.79 Å². The molecule has 6 heteroatoms. The largest absolute Gasteiger partial charge is 0.438 e. The van der Waals surface area contributed by atoms with E-state index in [1.807, 2.05) is 44.2 Å². The first kappa shape index (κ1) is 19.8. The maximum absolute atomic E-state index is 11.2. The summed E-state index contributed by atoms with van der Waals surface area (Å²) in [5, 5.41) is 5.53. The Labute approximate surface area is 164 Å². The highest BCUT2D eigenvalue weighted by atomic mass is 16.5. The van der Waals surface area contributed by atoms with Crippen molar-refractivity contribution in [3.05, 3.63) is 65.9 Å². The lowest BCUT2D eigenvalue weighted by molar-refractivity contribution is 0.0807. The van der Waals surface area contributed by atoms with Gasteiger partial charge in [0.05, 0.1) is 18.3 Å². The fourth-order valence-corrected chi connectivity index (χ4v) is 2.87. The molecule has 3 N–H and O–H groups in total. The molecule has 1 amide bonds. The minimum absolute atomic E-state index is 0.240. The fraction of sp³-hybridized carbons (Fsp3) is 0.273. The van der Waals surface area contributed by atoms with Crippen LogP contribution in [0.4, 0.5) is 0 Å². The van der Waals surface area contributed by atoms with E-state index in [0.717, 1.165) is 23.9 Å². The van der Waals surface area contributed by atoms with Crippen LogP contribution in [0.3, 0.4) is 0 Å². The molecule has 0 unspecified atom stereocenters. The number of carbonyl (C=O) groups is 1. The summed E-state index contributed by atoms with van der Waals surface area (Å²) in [6, 6.07) is 15.3. The van der Waals surface area contributed by atoms with E-state index in [4.69, 9.17) is 15.2 Å². The molecule has 146 valence electrons. The number of hydrogen-bond donors (Lipinski definition) is 2. The van der Waals surface area contributed by atoms with Gasteiger partial charge in [-0.15, -0.1) is 0 Å². The third kappa shape index (κ3) is 5.06. The molecular formula is C22H25N3O3. The monoisotopic (exact) mass is 379 g/mol. The lowest BCUT2D eigenvalue weighted by Crippen LogP contribution is -2.21. The molecule has 6 nitrogen and oxygen atoms in total. The number of hydrogen-bond acceptors (Lipinski definition) is 5. The molecule has 0 radical (unpaired) electrons. The second-order valence-electron chi connectivity index (χ2n) is 6.72. The van der Waals surface area contributed by atoms with Gasteiger partial charge in [0.2, 0.25) is 11.8 Å². The van der Waals surface area contributed by atoms with Crippen molar-refractivity contribution >= 4 is 16.7 Å². The van der Waals surface area contributed by atoms with Crippen molar-refractivity contribution in [3.8, 4) is 11.6 Å². The zero-order valence-electron chi connectivity index (χ0n) is 16.1. The summed E-state index contributed by atoms with van der Waals surface area (Å²) in [5.41, 5.74) is 6.78. The highest BCUT2D eigenvalue weighted by Crippen LogP contribution is 2.31. The van der Waals surface area contributed by atoms with Gasteiger partial charge < -0.3 is 20.5 Å². The summed E-state index contributed by atoms with van der Waals surface area (Å²) in [5.74, 6) is 0.605. The number of nitrogens with zero attached hydrogens (tertiary/aromatic N) is 1. The lowest BCUT2D eigenvalue weighted by Gasteiger charge is -2.13. The van der Waals surface area contributed by atoms with E-state index < -0.39 is 5.91 Å². The van der Waals surface area contributed by atoms with Gasteiger partial charge in [-0.05, 0) is 36.9 Å². The fourth-order valence-electron chi connectivity index (χ4n) is 2.87. The van der Waals surface area contributed by atoms with Crippen LogP contribution in [0.5, 0.6) is 11.6 Å². The predicted molar refractivity (Wildman–Crippen MR) is 110 cm³/mol. The summed E-state index contributed by atoms with van der Waals surface area (Å²) >= 11 is 0. The minimum Gasteiger partial charge on any atom is -0.438 e. The van der Waals surface area contributed by atoms with Gasteiger partial charge >= 0.3 is 0 Å². The van der Waals surface area contributed by atoms with E-state index >= 15 is 0 Å². The smallest absolute Gasteiger partial charge is 0.250 e. The SMILES string of the molecule is CC(C)OCCNCc1ccc(Oc2ccc(C(N)=O)cn2)c2ccccc12. The van der Waals surface area contributed by atoms with Crippen molar-refractivity contribution in [1.82, 2.24) is 10.3 Å². The second kappa shape index (κ2) is 9.30. The minimum atomic E-state index is -0.514. The summed E-state index contributed by atoms with van der Waals surface area (Å²) in [4.78, 5) is 15.3. The van der Waals surface area contributed by atoms with Crippen molar-refractivity contribution in [2.75, 3.05) is 13.2 Å². The van der Waals surface area contributed by atoms with Gasteiger partial charge in [-0.2, -0.15) is 0 Å². The van der Waals surface area contributed by atoms with Crippen LogP contribution in [-0.4, -0.2) is 30.1 Å². The van der Waals surface area contributed by atoms with Crippen LogP contribution in [0.15, 0.2) is 54.7 Å². The molecule has 0 atom stereocenters. The van der Waals surface area contributed by atoms with Crippen molar-refractivity contribution in [2.24, 2.45) is 5.73 Å². The number of primary amides is 1. The van der Waals surface area contributed by atoms with E-state index in [-0.39, 0.29) is 6.10 Å². The van der Waals surface area contributed by atoms with Gasteiger partial charge in [-0.1, -0.05) is 30.3 Å². The molecule has 3 rings (SSSR count). The maximum Gasteiger partial charge on any atom is 0.250 e. The van der Waals surface area contributed by atoms with E-state index in [9.17, 15) is 4.79 Å². The molecule has 3 aromatic rings. The molecule has 1 aromatic heterocycles. The molecular weight excluding hydrogens is 354 g/mol. The Hall–Kier alpha value is -2.96. The number of amides is 1. The average molecular weight is 379 g/mol. The molecule has 0 aliphatic carbocycles. The van der Waals surface area contributed by atoms with Crippen LogP contribution in [0, 0.1) is 0 Å². The molecule has 1 heterocycles. The number of pyridine rings is 1. The Kier molecular flexibility index (Phi) is 6.57. The first-order valence-electron chi connectivity index (χ1n) is 9.31. The zero-order valence-corrected chi connectivity index (χ0v) is 16.1. The van der Waals surface area contributed by atoms with E-state index in [2.05, 4.69) is 16.4 Å². The van der Waals surface area contributed by atoms with Gasteiger partial charge in [0.1, 0.15) is 5.75 Å². The second-order valence-corrected chi connectivity index (χ2v) is 6.72. The number of benzene rings is 2. The van der Waals surface area contributed by atoms with Crippen LogP contribution >= 0.6 is 0 Å². The summed E-state index contributed by atoms with van der Waals surface area (Å²) < 4.78 is 11.5. The number of rotatable bonds is 9. The third-order valence-electron chi connectivity index (χ3n) is 4.26. The Bertz CT molecular complexity index is 939. The van der Waals surface area contributed by atoms with Crippen LogP contribution in [-0.2, 0) is 11.3 Å². The van der Waals surface area contributed by atoms with Gasteiger partial charge in [0.15, 0.2) is 0 Å². The summed E-state index contributed by atoms with van der Waals surface area (Å²) in [6.45, 7) is 6.28. The van der Waals surface area contributed by atoms with E-state index in [1.54, 1.807) is 12.1 Å². The molecule has 0 aliphatic heterocycles. The Balaban J connectivity index is 1.75. The van der Waals surface area contributed by atoms with Crippen molar-refractivity contribution < 1.29 is 14.3 Å². The number of fused-ring (bicyclic) bond motifs is 1. The number of nitrogens with one attached hydrogen (secondary N) is 1. The van der Waals surface area contributed by atoms with Crippen molar-refractivity contribution in [3.63, 3.8) is 0 Å². The quantitative estimate of drug-likeness (QED) is 0.554. The van der Waals surface area contributed by atoms with Crippen molar-refractivity contribution in [1.29, 1.82) is 0 Å². The lowest BCUT2D eigenvalue weighted by atomic mass is 10.0. The highest BCUT2D eigenvalue weighted by Gasteiger charge is 2.09. The Morgan fingerprint density at radius 2 is 1.89 bits per heavy atom. The van der Waals surface area contributed by atoms with E-state index in [1.165, 1.54) is 11.8 Å². The average Bonchev–Trinajstić information content (AvgIpc) is 2.69. The van der Waals surface area contributed by atoms with Crippen LogP contribution in [0.25, 0.3) is 10.8 Å². The molecule has 0 saturated carbocycles. The molecule has 0 fully saturated rings. The topological polar surface area (TPSA) is 86.5 Å². The zero-order chi connectivity index (χ0) is 19.9. The van der Waals surface area contributed by atoms with Gasteiger partial charge in [0, 0.05) is 30.7 Å². The maximum atomic E-state index is 11.2. The molecule has 0 bridgehead atoms. The van der Waals surface area contributed by atoms with Crippen LogP contribution < -0.4 is 15.8 Å². The molecule has 0 spiro atoms. The standard InChI is InChI=1S/C22H25N3O3/c1-15(2)27-12-11-24-13-16-7-9-20(19-6-4-3-5-18(16)19)28-21-10-8-17(14-25-21)22(23)26/h3-10,14-15,24H,11-13H2,1-2H3,(H2,23,26). The number of aromatic nitrogens is 1. The number of nitrogens with two attached hydrogens (primary N) is 1. The van der Waals surface area contributed by atoms with Crippen molar-refractivity contribution in [2.45, 2.75) is 26.5 Å². The molecule has 2 aromatic carbocycles. The Morgan fingerprint density at radius 1 is 1.11 bits per heavy atom. The first-order valence-corrected chi connectivity index (χ1v) is 9.31. The third-order valence-corrected chi connectivity index (χ3v) is 4.26. The molecule has 0 saturated heterocycles. The normalized spacial score (nSPS) is 11.1. The van der Waals surface area contributed by atoms with Gasteiger partial charge in [-0.25, -0.2) is 4.98 Å². The number of ether oxygens (including phenoxy) is 2. The van der Waals surface area contributed by atoms with Crippen LogP contribution in [0.1, 0.15) is 29.8 Å². The first-order chi connectivity index (χ1) is 13.5. The highest BCUT2D eigenvalue weighted by molar-refractivity contribution is 5.92. The molecule has 28 heavy (non-hydrogen) atoms. The van der Waals surface area contributed by atoms with Crippen LogP contribution in [0.2, 0.25) is 0 Å². The molecule has 0 aliphatic rings.